The largest absolute Gasteiger partial charge is 0.478 e. The predicted molar refractivity (Wildman–Crippen MR) is 70.6 cm³/mol. The molecular weight excluding hydrogens is 271 g/mol. The summed E-state index contributed by atoms with van der Waals surface area (Å²) in [6, 6.07) is 4.59. The van der Waals surface area contributed by atoms with Crippen molar-refractivity contribution in [2.24, 2.45) is 0 Å². The minimum Gasteiger partial charge on any atom is -0.478 e. The van der Waals surface area contributed by atoms with Crippen molar-refractivity contribution >= 4 is 28.9 Å². The number of anilines is 2. The molecule has 0 atom stereocenters. The Balaban J connectivity index is 2.44. The zero-order chi connectivity index (χ0) is 14.0. The lowest BCUT2D eigenvalue weighted by Crippen LogP contribution is -2.05. The summed E-state index contributed by atoms with van der Waals surface area (Å²) >= 11 is 5.78. The highest BCUT2D eigenvalue weighted by molar-refractivity contribution is 6.34. The highest BCUT2D eigenvalue weighted by Crippen LogP contribution is 2.27. The van der Waals surface area contributed by atoms with Crippen molar-refractivity contribution in [2.75, 3.05) is 5.32 Å². The molecule has 0 unspecified atom stereocenters. The second kappa shape index (κ2) is 5.24. The monoisotopic (exact) mass is 280 g/mol. The molecule has 0 bridgehead atoms. The molecule has 0 aliphatic rings. The second-order valence-corrected chi connectivity index (χ2v) is 4.36. The molecule has 1 heterocycles. The molecule has 0 fully saturated rings. The molecule has 2 N–H and O–H groups in total. The van der Waals surface area contributed by atoms with E-state index in [1.54, 1.807) is 13.0 Å². The number of carboxylic acids is 1. The molecule has 0 aliphatic carbocycles. The van der Waals surface area contributed by atoms with Crippen LogP contribution in [-0.4, -0.2) is 16.1 Å². The number of hydrogen-bond acceptors (Lipinski definition) is 3. The lowest BCUT2D eigenvalue weighted by atomic mass is 10.2. The van der Waals surface area contributed by atoms with Crippen LogP contribution in [0.5, 0.6) is 0 Å². The van der Waals surface area contributed by atoms with Gasteiger partial charge in [-0.05, 0) is 24.6 Å². The summed E-state index contributed by atoms with van der Waals surface area (Å²) in [5.74, 6) is -1.68. The Morgan fingerprint density at radius 1 is 1.37 bits per heavy atom. The predicted octanol–water partition coefficient (Wildman–Crippen LogP) is 3.62. The number of carbonyl (C=O) groups is 1. The normalized spacial score (nSPS) is 10.3. The van der Waals surface area contributed by atoms with E-state index in [1.807, 2.05) is 0 Å². The molecule has 1 aromatic carbocycles. The molecule has 2 aromatic rings. The minimum absolute atomic E-state index is 0.00924. The Morgan fingerprint density at radius 2 is 2.11 bits per heavy atom. The number of rotatable bonds is 3. The van der Waals surface area contributed by atoms with Crippen molar-refractivity contribution in [3.63, 3.8) is 0 Å². The van der Waals surface area contributed by atoms with Gasteiger partial charge in [0, 0.05) is 6.20 Å². The zero-order valence-corrected chi connectivity index (χ0v) is 10.7. The number of benzene rings is 1. The minimum atomic E-state index is -1.21. The van der Waals surface area contributed by atoms with Crippen molar-refractivity contribution < 1.29 is 14.3 Å². The summed E-state index contributed by atoms with van der Waals surface area (Å²) in [6.45, 7) is 1.76. The smallest absolute Gasteiger partial charge is 0.339 e. The number of halogens is 2. The number of hydrogen-bond donors (Lipinski definition) is 2. The summed E-state index contributed by atoms with van der Waals surface area (Å²) in [4.78, 5) is 14.9. The lowest BCUT2D eigenvalue weighted by Gasteiger charge is -2.11. The summed E-state index contributed by atoms with van der Waals surface area (Å²) in [5, 5.41) is 11.8. The number of nitrogens with zero attached hydrogens (tertiary/aromatic N) is 1. The Labute approximate surface area is 113 Å². The Hall–Kier alpha value is -2.14. The van der Waals surface area contributed by atoms with Crippen molar-refractivity contribution in [1.82, 2.24) is 4.98 Å². The molecule has 6 heteroatoms. The standard InChI is InChI=1S/C13H10ClFN2O2/c1-7-2-3-10(9(15)4-7)17-11-6-16-5-8(14)12(11)13(18)19/h2-6,17H,1H3,(H,18,19). The fraction of sp³-hybridized carbons (Fsp3) is 0.0769. The van der Waals surface area contributed by atoms with Gasteiger partial charge in [0.25, 0.3) is 0 Å². The van der Waals surface area contributed by atoms with Crippen LogP contribution in [0.3, 0.4) is 0 Å². The van der Waals surface area contributed by atoms with Crippen LogP contribution < -0.4 is 5.32 Å². The van der Waals surface area contributed by atoms with E-state index in [2.05, 4.69) is 10.3 Å². The van der Waals surface area contributed by atoms with Crippen molar-refractivity contribution in [2.45, 2.75) is 6.92 Å². The van der Waals surface area contributed by atoms with E-state index < -0.39 is 11.8 Å². The van der Waals surface area contributed by atoms with Crippen molar-refractivity contribution in [3.05, 3.63) is 52.6 Å². The van der Waals surface area contributed by atoms with Gasteiger partial charge in [-0.25, -0.2) is 9.18 Å². The third-order valence-corrected chi connectivity index (χ3v) is 2.79. The van der Waals surface area contributed by atoms with Crippen LogP contribution in [0.2, 0.25) is 5.02 Å². The maximum atomic E-state index is 13.7. The second-order valence-electron chi connectivity index (χ2n) is 3.96. The topological polar surface area (TPSA) is 62.2 Å². The number of carboxylic acid groups (broad SMARTS) is 1. The van der Waals surface area contributed by atoms with Gasteiger partial charge in [0.15, 0.2) is 0 Å². The molecule has 4 nitrogen and oxygen atoms in total. The first-order valence-corrected chi connectivity index (χ1v) is 5.77. The average Bonchev–Trinajstić information content (AvgIpc) is 2.32. The first kappa shape index (κ1) is 13.3. The van der Waals surface area contributed by atoms with E-state index in [-0.39, 0.29) is 22.0 Å². The van der Waals surface area contributed by atoms with E-state index in [0.717, 1.165) is 5.56 Å². The first-order valence-electron chi connectivity index (χ1n) is 5.39. The molecule has 1 aromatic heterocycles. The van der Waals surface area contributed by atoms with Crippen molar-refractivity contribution in [3.8, 4) is 0 Å². The van der Waals surface area contributed by atoms with E-state index in [9.17, 15) is 9.18 Å². The van der Waals surface area contributed by atoms with E-state index in [0.29, 0.717) is 0 Å². The molecule has 0 saturated carbocycles. The Morgan fingerprint density at radius 3 is 2.74 bits per heavy atom. The van der Waals surface area contributed by atoms with Crippen LogP contribution in [0.25, 0.3) is 0 Å². The van der Waals surface area contributed by atoms with Gasteiger partial charge in [-0.2, -0.15) is 0 Å². The van der Waals surface area contributed by atoms with Crippen LogP contribution >= 0.6 is 11.6 Å². The van der Waals surface area contributed by atoms with E-state index in [4.69, 9.17) is 16.7 Å². The molecule has 0 amide bonds. The summed E-state index contributed by atoms with van der Waals surface area (Å²) in [7, 11) is 0. The van der Waals surface area contributed by atoms with Gasteiger partial charge in [-0.1, -0.05) is 17.7 Å². The molecule has 0 radical (unpaired) electrons. The van der Waals surface area contributed by atoms with E-state index >= 15 is 0 Å². The number of nitrogens with one attached hydrogen (secondary N) is 1. The third-order valence-electron chi connectivity index (χ3n) is 2.51. The molecule has 19 heavy (non-hydrogen) atoms. The molecule has 98 valence electrons. The van der Waals surface area contributed by atoms with Gasteiger partial charge in [0.1, 0.15) is 11.4 Å². The number of aromatic nitrogens is 1. The van der Waals surface area contributed by atoms with Gasteiger partial charge in [0.2, 0.25) is 0 Å². The summed E-state index contributed by atoms with van der Waals surface area (Å²) in [5.41, 5.74) is 0.933. The van der Waals surface area contributed by atoms with Gasteiger partial charge in [-0.3, -0.25) is 4.98 Å². The van der Waals surface area contributed by atoms with Crippen molar-refractivity contribution in [1.29, 1.82) is 0 Å². The zero-order valence-electron chi connectivity index (χ0n) is 9.95. The summed E-state index contributed by atoms with van der Waals surface area (Å²) in [6.07, 6.45) is 2.51. The van der Waals surface area contributed by atoms with Gasteiger partial charge < -0.3 is 10.4 Å². The first-order chi connectivity index (χ1) is 8.99. The fourth-order valence-corrected chi connectivity index (χ4v) is 1.85. The number of pyridine rings is 1. The van der Waals surface area contributed by atoms with Crippen LogP contribution in [-0.2, 0) is 0 Å². The average molecular weight is 281 g/mol. The lowest BCUT2D eigenvalue weighted by molar-refractivity contribution is 0.0698. The molecule has 2 rings (SSSR count). The highest BCUT2D eigenvalue weighted by atomic mass is 35.5. The maximum Gasteiger partial charge on any atom is 0.339 e. The molecule has 0 aliphatic heterocycles. The highest BCUT2D eigenvalue weighted by Gasteiger charge is 2.16. The summed E-state index contributed by atoms with van der Waals surface area (Å²) < 4.78 is 13.7. The number of aromatic carboxylic acids is 1. The Kier molecular flexibility index (Phi) is 3.66. The van der Waals surface area contributed by atoms with Gasteiger partial charge in [0.05, 0.1) is 22.6 Å². The Bertz CT molecular complexity index is 647. The fourth-order valence-electron chi connectivity index (χ4n) is 1.61. The maximum absolute atomic E-state index is 13.7. The van der Waals surface area contributed by atoms with Gasteiger partial charge in [-0.15, -0.1) is 0 Å². The van der Waals surface area contributed by atoms with E-state index in [1.165, 1.54) is 24.5 Å². The number of aryl methyl sites for hydroxylation is 1. The van der Waals surface area contributed by atoms with Gasteiger partial charge >= 0.3 is 5.97 Å². The molecular formula is C13H10ClFN2O2. The SMILES string of the molecule is Cc1ccc(Nc2cncc(Cl)c2C(=O)O)c(F)c1. The third kappa shape index (κ3) is 2.82. The van der Waals surface area contributed by atoms with Crippen LogP contribution in [0, 0.1) is 12.7 Å². The molecule has 0 saturated heterocycles. The quantitative estimate of drug-likeness (QED) is 0.901. The molecule has 0 spiro atoms. The van der Waals surface area contributed by atoms with Crippen LogP contribution in [0.1, 0.15) is 15.9 Å². The van der Waals surface area contributed by atoms with Crippen LogP contribution in [0.15, 0.2) is 30.6 Å². The van der Waals surface area contributed by atoms with Crippen LogP contribution in [0.4, 0.5) is 15.8 Å².